The van der Waals surface area contributed by atoms with Crippen LogP contribution in [0.3, 0.4) is 0 Å². The first-order valence-electron chi connectivity index (χ1n) is 5.43. The predicted octanol–water partition coefficient (Wildman–Crippen LogP) is 0.933. The Morgan fingerprint density at radius 3 is 2.60 bits per heavy atom. The van der Waals surface area contributed by atoms with Crippen LogP contribution in [0.2, 0.25) is 0 Å². The van der Waals surface area contributed by atoms with Gasteiger partial charge in [-0.25, -0.2) is 0 Å². The van der Waals surface area contributed by atoms with Gasteiger partial charge in [0.2, 0.25) is 0 Å². The summed E-state index contributed by atoms with van der Waals surface area (Å²) in [5.41, 5.74) is 4.27. The van der Waals surface area contributed by atoms with E-state index in [1.807, 2.05) is 0 Å². The van der Waals surface area contributed by atoms with Crippen LogP contribution in [0.25, 0.3) is 5.69 Å². The summed E-state index contributed by atoms with van der Waals surface area (Å²) in [6.45, 7) is -3.05. The molecule has 104 valence electrons. The quantitative estimate of drug-likeness (QED) is 0.903. The largest absolute Gasteiger partial charge is 0.433 e. The van der Waals surface area contributed by atoms with E-state index >= 15 is 0 Å². The minimum absolute atomic E-state index is 0.0131. The summed E-state index contributed by atoms with van der Waals surface area (Å²) < 4.78 is 29.7. The van der Waals surface area contributed by atoms with Gasteiger partial charge in [0.25, 0.3) is 11.5 Å². The van der Waals surface area contributed by atoms with Crippen molar-refractivity contribution < 1.29 is 18.3 Å². The Bertz CT molecular complexity index is 700. The lowest BCUT2D eigenvalue weighted by molar-refractivity contribution is -0.0499. The number of carbonyl (C=O) groups is 1. The first kappa shape index (κ1) is 13.7. The normalized spacial score (nSPS) is 10.6. The van der Waals surface area contributed by atoms with Gasteiger partial charge in [-0.2, -0.15) is 18.6 Å². The molecule has 0 bridgehead atoms. The molecule has 0 spiro atoms. The smallest absolute Gasteiger partial charge is 0.387 e. The van der Waals surface area contributed by atoms with Crippen LogP contribution < -0.4 is 16.0 Å². The van der Waals surface area contributed by atoms with E-state index in [9.17, 15) is 18.4 Å². The first-order chi connectivity index (χ1) is 9.49. The second-order valence-electron chi connectivity index (χ2n) is 3.68. The predicted molar refractivity (Wildman–Crippen MR) is 65.0 cm³/mol. The van der Waals surface area contributed by atoms with Crippen LogP contribution in [0.1, 0.15) is 10.5 Å². The van der Waals surface area contributed by atoms with Crippen molar-refractivity contribution in [1.29, 1.82) is 0 Å². The van der Waals surface area contributed by atoms with Crippen LogP contribution >= 0.6 is 0 Å². The van der Waals surface area contributed by atoms with Crippen molar-refractivity contribution in [2.24, 2.45) is 5.73 Å². The van der Waals surface area contributed by atoms with E-state index < -0.39 is 18.1 Å². The standard InChI is InChI=1S/C12H9F2N3O3/c13-12(14)20-9-4-2-1-3-8(9)17-10(18)6-5-7(16-17)11(15)19/h1-6,12H,(H2,15,19). The average molecular weight is 281 g/mol. The maximum absolute atomic E-state index is 12.3. The summed E-state index contributed by atoms with van der Waals surface area (Å²) in [5, 5.41) is 3.71. The molecule has 2 aromatic rings. The monoisotopic (exact) mass is 281 g/mol. The molecule has 0 saturated heterocycles. The van der Waals surface area contributed by atoms with Gasteiger partial charge in [-0.15, -0.1) is 0 Å². The maximum Gasteiger partial charge on any atom is 0.387 e. The molecule has 0 fully saturated rings. The molecule has 2 rings (SSSR count). The van der Waals surface area contributed by atoms with Gasteiger partial charge in [-0.1, -0.05) is 12.1 Å². The molecule has 2 N–H and O–H groups in total. The van der Waals surface area contributed by atoms with Crippen molar-refractivity contribution in [3.8, 4) is 11.4 Å². The summed E-state index contributed by atoms with van der Waals surface area (Å²) in [4.78, 5) is 22.8. The highest BCUT2D eigenvalue weighted by Crippen LogP contribution is 2.22. The zero-order chi connectivity index (χ0) is 14.7. The number of primary amides is 1. The van der Waals surface area contributed by atoms with Crippen LogP contribution in [0.4, 0.5) is 8.78 Å². The molecule has 1 heterocycles. The van der Waals surface area contributed by atoms with Crippen molar-refractivity contribution >= 4 is 5.91 Å². The van der Waals surface area contributed by atoms with E-state index in [-0.39, 0.29) is 17.1 Å². The Kier molecular flexibility index (Phi) is 3.74. The van der Waals surface area contributed by atoms with Gasteiger partial charge in [-0.3, -0.25) is 9.59 Å². The van der Waals surface area contributed by atoms with Gasteiger partial charge in [0.15, 0.2) is 5.75 Å². The molecule has 0 aliphatic rings. The Labute approximate surface area is 111 Å². The van der Waals surface area contributed by atoms with E-state index in [1.165, 1.54) is 24.3 Å². The van der Waals surface area contributed by atoms with E-state index in [4.69, 9.17) is 5.73 Å². The van der Waals surface area contributed by atoms with Crippen molar-refractivity contribution in [3.05, 3.63) is 52.4 Å². The molecule has 0 aliphatic heterocycles. The zero-order valence-electron chi connectivity index (χ0n) is 9.99. The summed E-state index contributed by atoms with van der Waals surface area (Å²) in [6, 6.07) is 7.80. The number of halogens is 2. The number of nitrogens with two attached hydrogens (primary N) is 1. The SMILES string of the molecule is NC(=O)c1ccc(=O)n(-c2ccccc2OC(F)F)n1. The highest BCUT2D eigenvalue weighted by atomic mass is 19.3. The fraction of sp³-hybridized carbons (Fsp3) is 0.0833. The number of hydrogen-bond acceptors (Lipinski definition) is 4. The third-order valence-corrected chi connectivity index (χ3v) is 2.36. The lowest BCUT2D eigenvalue weighted by Gasteiger charge is -2.11. The van der Waals surface area contributed by atoms with Crippen molar-refractivity contribution in [2.45, 2.75) is 6.61 Å². The first-order valence-corrected chi connectivity index (χ1v) is 5.43. The molecule has 8 heteroatoms. The maximum atomic E-state index is 12.3. The molecular weight excluding hydrogens is 272 g/mol. The molecule has 0 atom stereocenters. The molecule has 0 aliphatic carbocycles. The number of ether oxygens (including phenoxy) is 1. The minimum atomic E-state index is -3.05. The van der Waals surface area contributed by atoms with Crippen LogP contribution in [0.15, 0.2) is 41.2 Å². The van der Waals surface area contributed by atoms with Gasteiger partial charge in [-0.05, 0) is 18.2 Å². The number of nitrogens with zero attached hydrogens (tertiary/aromatic N) is 2. The lowest BCUT2D eigenvalue weighted by Crippen LogP contribution is -2.25. The van der Waals surface area contributed by atoms with Gasteiger partial charge in [0.05, 0.1) is 0 Å². The molecule has 0 saturated carbocycles. The lowest BCUT2D eigenvalue weighted by atomic mass is 10.3. The fourth-order valence-corrected chi connectivity index (χ4v) is 1.54. The van der Waals surface area contributed by atoms with Crippen LogP contribution in [-0.2, 0) is 0 Å². The van der Waals surface area contributed by atoms with Gasteiger partial charge in [0, 0.05) is 6.07 Å². The third kappa shape index (κ3) is 2.79. The Morgan fingerprint density at radius 1 is 1.25 bits per heavy atom. The number of hydrogen-bond donors (Lipinski definition) is 1. The van der Waals surface area contributed by atoms with Gasteiger partial charge in [0.1, 0.15) is 11.4 Å². The fourth-order valence-electron chi connectivity index (χ4n) is 1.54. The Hall–Kier alpha value is -2.77. The Morgan fingerprint density at radius 2 is 1.95 bits per heavy atom. The number of benzene rings is 1. The molecule has 0 radical (unpaired) electrons. The number of para-hydroxylation sites is 2. The number of alkyl halides is 2. The molecule has 1 amide bonds. The van der Waals surface area contributed by atoms with E-state index in [2.05, 4.69) is 9.84 Å². The zero-order valence-corrected chi connectivity index (χ0v) is 9.99. The molecular formula is C12H9F2N3O3. The van der Waals surface area contributed by atoms with Crippen LogP contribution in [-0.4, -0.2) is 22.3 Å². The average Bonchev–Trinajstić information content (AvgIpc) is 2.39. The van der Waals surface area contributed by atoms with Crippen LogP contribution in [0.5, 0.6) is 5.75 Å². The summed E-state index contributed by atoms with van der Waals surface area (Å²) in [7, 11) is 0. The number of aromatic nitrogens is 2. The Balaban J connectivity index is 2.59. The topological polar surface area (TPSA) is 87.2 Å². The molecule has 0 unspecified atom stereocenters. The van der Waals surface area contributed by atoms with E-state index in [0.717, 1.165) is 16.8 Å². The summed E-state index contributed by atoms with van der Waals surface area (Å²) >= 11 is 0. The molecule has 1 aromatic heterocycles. The highest BCUT2D eigenvalue weighted by Gasteiger charge is 2.14. The summed E-state index contributed by atoms with van der Waals surface area (Å²) in [6.07, 6.45) is 0. The van der Waals surface area contributed by atoms with E-state index in [0.29, 0.717) is 0 Å². The second kappa shape index (κ2) is 5.47. The summed E-state index contributed by atoms with van der Waals surface area (Å²) in [5.74, 6) is -1.08. The number of amides is 1. The number of carbonyl (C=O) groups excluding carboxylic acids is 1. The minimum Gasteiger partial charge on any atom is -0.433 e. The van der Waals surface area contributed by atoms with Crippen molar-refractivity contribution in [1.82, 2.24) is 9.78 Å². The molecule has 20 heavy (non-hydrogen) atoms. The highest BCUT2D eigenvalue weighted by molar-refractivity contribution is 5.90. The van der Waals surface area contributed by atoms with Gasteiger partial charge < -0.3 is 10.5 Å². The molecule has 6 nitrogen and oxygen atoms in total. The second-order valence-corrected chi connectivity index (χ2v) is 3.68. The van der Waals surface area contributed by atoms with Gasteiger partial charge >= 0.3 is 6.61 Å². The van der Waals surface area contributed by atoms with E-state index in [1.54, 1.807) is 0 Å². The van der Waals surface area contributed by atoms with Crippen molar-refractivity contribution in [2.75, 3.05) is 0 Å². The number of rotatable bonds is 4. The van der Waals surface area contributed by atoms with Crippen LogP contribution in [0, 0.1) is 0 Å². The third-order valence-electron chi connectivity index (χ3n) is 2.36. The van der Waals surface area contributed by atoms with Crippen molar-refractivity contribution in [3.63, 3.8) is 0 Å². The molecule has 1 aromatic carbocycles.